The number of aliphatic hydroxyl groups excluding tert-OH is 2. The molecule has 12 heteroatoms. The maximum absolute atomic E-state index is 13.1. The number of allylic oxidation sites excluding steroid dienone is 22. The normalized spacial score (nSPS) is 19.0. The summed E-state index contributed by atoms with van der Waals surface area (Å²) in [5.41, 5.74) is 0. The second kappa shape index (κ2) is 51.6. The highest BCUT2D eigenvalue weighted by atomic mass is 16.7. The van der Waals surface area contributed by atoms with Gasteiger partial charge in [-0.15, -0.1) is 0 Å². The third-order valence-corrected chi connectivity index (χ3v) is 12.2. The zero-order chi connectivity index (χ0) is 56.1. The number of hydrogen-bond donors (Lipinski definition) is 3. The lowest BCUT2D eigenvalue weighted by atomic mass is 9.98. The first-order chi connectivity index (χ1) is 37.6. The van der Waals surface area contributed by atoms with Crippen molar-refractivity contribution in [3.63, 3.8) is 0 Å². The maximum atomic E-state index is 13.1. The van der Waals surface area contributed by atoms with Crippen LogP contribution in [0.2, 0.25) is 0 Å². The quantitative estimate of drug-likeness (QED) is 0.0228. The number of esters is 3. The van der Waals surface area contributed by atoms with Crippen LogP contribution in [-0.4, -0.2) is 89.2 Å². The van der Waals surface area contributed by atoms with E-state index < -0.39 is 67.3 Å². The Hall–Kier alpha value is -5.14. The molecule has 0 amide bonds. The highest BCUT2D eigenvalue weighted by molar-refractivity contribution is 5.74. The van der Waals surface area contributed by atoms with Crippen molar-refractivity contribution < 1.29 is 58.2 Å². The maximum Gasteiger partial charge on any atom is 0.335 e. The summed E-state index contributed by atoms with van der Waals surface area (Å²) in [7, 11) is 0. The van der Waals surface area contributed by atoms with Crippen molar-refractivity contribution in [3.8, 4) is 0 Å². The monoisotopic (exact) mass is 1070 g/mol. The van der Waals surface area contributed by atoms with Crippen LogP contribution in [0.4, 0.5) is 0 Å². The lowest BCUT2D eigenvalue weighted by molar-refractivity contribution is -0.301. The van der Waals surface area contributed by atoms with Crippen LogP contribution in [0.3, 0.4) is 0 Å². The number of aliphatic hydroxyl groups is 2. The second-order valence-corrected chi connectivity index (χ2v) is 19.2. The number of ether oxygens (including phenoxy) is 5. The van der Waals surface area contributed by atoms with Gasteiger partial charge in [0.05, 0.1) is 6.61 Å². The predicted molar refractivity (Wildman–Crippen MR) is 312 cm³/mol. The summed E-state index contributed by atoms with van der Waals surface area (Å²) in [6.07, 6.45) is 60.3. The molecular weight excluding hydrogens is 973 g/mol. The van der Waals surface area contributed by atoms with Gasteiger partial charge >= 0.3 is 23.9 Å². The SMILES string of the molecule is CC/C=C\C/C=C\C/C=C\C/C=C\C/C=C\C/C=C\CCC(=O)OCC(COC1OC(C(=O)O)C(O)C(O)C1OC(=O)CC/C=C\C/C=C\C/C=C\C/C=C\CC)OC(=O)CCCCCCC/C=C\CCCCCCCC. The summed E-state index contributed by atoms with van der Waals surface area (Å²) < 4.78 is 28.2. The van der Waals surface area contributed by atoms with Gasteiger partial charge in [-0.3, -0.25) is 14.4 Å². The van der Waals surface area contributed by atoms with Gasteiger partial charge in [-0.1, -0.05) is 206 Å². The highest BCUT2D eigenvalue weighted by Crippen LogP contribution is 2.26. The van der Waals surface area contributed by atoms with E-state index in [2.05, 4.69) is 124 Å². The van der Waals surface area contributed by atoms with E-state index in [1.165, 1.54) is 38.5 Å². The van der Waals surface area contributed by atoms with Crippen molar-refractivity contribution in [2.75, 3.05) is 13.2 Å². The lowest BCUT2D eigenvalue weighted by Gasteiger charge is -2.40. The molecule has 1 fully saturated rings. The van der Waals surface area contributed by atoms with Crippen molar-refractivity contribution in [2.45, 2.75) is 237 Å². The molecule has 1 aliphatic heterocycles. The molecule has 1 heterocycles. The molecule has 0 aliphatic carbocycles. The molecule has 0 aromatic heterocycles. The number of carbonyl (C=O) groups excluding carboxylic acids is 3. The van der Waals surface area contributed by atoms with Crippen LogP contribution in [0.25, 0.3) is 0 Å². The van der Waals surface area contributed by atoms with E-state index in [-0.39, 0.29) is 25.9 Å². The van der Waals surface area contributed by atoms with E-state index in [1.807, 2.05) is 30.4 Å². The van der Waals surface area contributed by atoms with Gasteiger partial charge in [-0.25, -0.2) is 4.79 Å². The second-order valence-electron chi connectivity index (χ2n) is 19.2. The number of unbranched alkanes of at least 4 members (excludes halogenated alkanes) is 11. The summed E-state index contributed by atoms with van der Waals surface area (Å²) in [4.78, 5) is 51.0. The molecule has 0 aromatic carbocycles. The molecule has 0 radical (unpaired) electrons. The fourth-order valence-electron chi connectivity index (χ4n) is 7.81. The molecule has 6 unspecified atom stereocenters. The molecular formula is C65H100O12. The summed E-state index contributed by atoms with van der Waals surface area (Å²) in [5, 5.41) is 31.4. The van der Waals surface area contributed by atoms with Crippen LogP contribution in [0.5, 0.6) is 0 Å². The van der Waals surface area contributed by atoms with Crippen molar-refractivity contribution in [1.82, 2.24) is 0 Å². The summed E-state index contributed by atoms with van der Waals surface area (Å²) in [5.74, 6) is -3.37. The zero-order valence-corrected chi connectivity index (χ0v) is 47.4. The summed E-state index contributed by atoms with van der Waals surface area (Å²) in [6, 6.07) is 0. The first-order valence-corrected chi connectivity index (χ1v) is 29.2. The van der Waals surface area contributed by atoms with Gasteiger partial charge in [0, 0.05) is 19.3 Å². The van der Waals surface area contributed by atoms with Crippen LogP contribution in [0, 0.1) is 0 Å². The number of hydrogen-bond acceptors (Lipinski definition) is 11. The Morgan fingerprint density at radius 3 is 1.30 bits per heavy atom. The summed E-state index contributed by atoms with van der Waals surface area (Å²) >= 11 is 0. The number of carboxylic acid groups (broad SMARTS) is 1. The average Bonchev–Trinajstić information content (AvgIpc) is 3.42. The van der Waals surface area contributed by atoms with Gasteiger partial charge < -0.3 is 39.0 Å². The Balaban J connectivity index is 2.79. The van der Waals surface area contributed by atoms with Crippen LogP contribution >= 0.6 is 0 Å². The van der Waals surface area contributed by atoms with Crippen molar-refractivity contribution in [3.05, 3.63) is 134 Å². The Morgan fingerprint density at radius 1 is 0.442 bits per heavy atom. The molecule has 0 bridgehead atoms. The molecule has 1 saturated heterocycles. The topological polar surface area (TPSA) is 175 Å². The third-order valence-electron chi connectivity index (χ3n) is 12.2. The standard InChI is InChI=1S/C65H100O12/c1-4-7-10-13-16-19-22-25-27-28-29-30-32-34-36-39-42-45-48-51-57(66)73-54-56(75-58(67)52-49-46-43-40-38-35-31-26-23-20-17-14-11-8-5-2)55-74-65-63(61(70)60(69)62(77-65)64(71)72)76-59(68)53-50-47-44-41-37-33-24-21-18-15-12-9-6-3/h7,9-10,12,16,18-19,21,25-27,29-31,33-34,36-37,42,44-45,47,56,60-63,65,69-70H,4-6,8,11,13-15,17,20,22-24,28,32,35,38-41,43,46,48-55H2,1-3H3,(H,71,72)/b10-7-,12-9-,19-16-,21-18-,27-25-,30-29-,31-26-,36-34-,37-33-,45-42-,47-44-. The molecule has 12 nitrogen and oxygen atoms in total. The zero-order valence-electron chi connectivity index (χ0n) is 47.4. The first kappa shape index (κ1) is 69.9. The van der Waals surface area contributed by atoms with Crippen LogP contribution in [-0.2, 0) is 42.9 Å². The van der Waals surface area contributed by atoms with Crippen molar-refractivity contribution >= 4 is 23.9 Å². The minimum atomic E-state index is -1.94. The number of carboxylic acids is 1. The van der Waals surface area contributed by atoms with Crippen molar-refractivity contribution in [1.29, 1.82) is 0 Å². The van der Waals surface area contributed by atoms with Gasteiger partial charge in [0.25, 0.3) is 0 Å². The van der Waals surface area contributed by atoms with E-state index in [0.717, 1.165) is 89.9 Å². The molecule has 0 saturated carbocycles. The van der Waals surface area contributed by atoms with Gasteiger partial charge in [0.1, 0.15) is 18.8 Å². The highest BCUT2D eigenvalue weighted by Gasteiger charge is 2.50. The van der Waals surface area contributed by atoms with Crippen molar-refractivity contribution in [2.24, 2.45) is 0 Å². The third kappa shape index (κ3) is 41.6. The first-order valence-electron chi connectivity index (χ1n) is 29.2. The van der Waals surface area contributed by atoms with E-state index in [1.54, 1.807) is 0 Å². The van der Waals surface area contributed by atoms with Gasteiger partial charge in [0.15, 0.2) is 24.6 Å². The Kier molecular flexibility index (Phi) is 46.8. The smallest absolute Gasteiger partial charge is 0.335 e. The Labute approximate surface area is 464 Å². The molecule has 6 atom stereocenters. The Morgan fingerprint density at radius 2 is 0.844 bits per heavy atom. The molecule has 1 aliphatic rings. The Bertz CT molecular complexity index is 1850. The van der Waals surface area contributed by atoms with Gasteiger partial charge in [0.2, 0.25) is 0 Å². The number of rotatable bonds is 47. The summed E-state index contributed by atoms with van der Waals surface area (Å²) in [6.45, 7) is 5.63. The number of aliphatic carboxylic acids is 1. The van der Waals surface area contributed by atoms with E-state index in [0.29, 0.717) is 32.1 Å². The molecule has 0 aromatic rings. The number of carbonyl (C=O) groups is 4. The molecule has 77 heavy (non-hydrogen) atoms. The minimum Gasteiger partial charge on any atom is -0.479 e. The predicted octanol–water partition coefficient (Wildman–Crippen LogP) is 15.0. The van der Waals surface area contributed by atoms with Gasteiger partial charge in [-0.05, 0) is 109 Å². The lowest BCUT2D eigenvalue weighted by Crippen LogP contribution is -2.61. The van der Waals surface area contributed by atoms with Crippen LogP contribution in [0.15, 0.2) is 134 Å². The fraction of sp³-hybridized carbons (Fsp3) is 0.600. The molecule has 3 N–H and O–H groups in total. The van der Waals surface area contributed by atoms with E-state index in [9.17, 15) is 34.5 Å². The molecule has 0 spiro atoms. The largest absolute Gasteiger partial charge is 0.479 e. The van der Waals surface area contributed by atoms with Gasteiger partial charge in [-0.2, -0.15) is 0 Å². The van der Waals surface area contributed by atoms with Crippen LogP contribution in [0.1, 0.15) is 201 Å². The average molecular weight is 1070 g/mol. The van der Waals surface area contributed by atoms with E-state index >= 15 is 0 Å². The minimum absolute atomic E-state index is 0.0757. The molecule has 1 rings (SSSR count). The van der Waals surface area contributed by atoms with E-state index in [4.69, 9.17) is 23.7 Å². The fourth-order valence-corrected chi connectivity index (χ4v) is 7.81. The molecule has 432 valence electrons. The van der Waals surface area contributed by atoms with Crippen LogP contribution < -0.4 is 0 Å².